The van der Waals surface area contributed by atoms with Crippen LogP contribution in [0.15, 0.2) is 12.1 Å². The predicted molar refractivity (Wildman–Crippen MR) is 76.2 cm³/mol. The highest BCUT2D eigenvalue weighted by Crippen LogP contribution is 2.34. The van der Waals surface area contributed by atoms with Gasteiger partial charge in [-0.15, -0.1) is 0 Å². The average Bonchev–Trinajstić information content (AvgIpc) is 2.45. The first kappa shape index (κ1) is 16.9. The van der Waals surface area contributed by atoms with Crippen molar-refractivity contribution in [2.75, 3.05) is 20.3 Å². The minimum atomic E-state index is -0.627. The second-order valence-corrected chi connectivity index (χ2v) is 4.56. The molecule has 0 saturated heterocycles. The molecule has 21 heavy (non-hydrogen) atoms. The number of ether oxygens (including phenoxy) is 3. The zero-order chi connectivity index (χ0) is 15.8. The Bertz CT molecular complexity index is 500. The molecule has 0 atom stereocenters. The van der Waals surface area contributed by atoms with E-state index in [1.165, 1.54) is 19.2 Å². The van der Waals surface area contributed by atoms with Crippen molar-refractivity contribution in [2.24, 2.45) is 0 Å². The van der Waals surface area contributed by atoms with E-state index in [-0.39, 0.29) is 28.9 Å². The Labute approximate surface area is 123 Å². The Morgan fingerprint density at radius 2 is 2.00 bits per heavy atom. The number of carbonyl (C=O) groups excluding carboxylic acids is 1. The minimum Gasteiger partial charge on any atom is -0.493 e. The monoisotopic (exact) mass is 297 g/mol. The van der Waals surface area contributed by atoms with E-state index in [4.69, 9.17) is 14.2 Å². The number of nitrogens with zero attached hydrogens (tertiary/aromatic N) is 1. The number of nitro groups is 1. The van der Waals surface area contributed by atoms with Gasteiger partial charge in [-0.1, -0.05) is 0 Å². The normalized spacial score (nSPS) is 10.5. The Balaban J connectivity index is 2.78. The average molecular weight is 297 g/mol. The van der Waals surface area contributed by atoms with Crippen LogP contribution in [0.1, 0.15) is 30.6 Å². The van der Waals surface area contributed by atoms with E-state index in [2.05, 4.69) is 0 Å². The number of rotatable bonds is 9. The maximum absolute atomic E-state index is 10.9. The van der Waals surface area contributed by atoms with Gasteiger partial charge in [0.25, 0.3) is 5.69 Å². The van der Waals surface area contributed by atoms with Gasteiger partial charge in [0.15, 0.2) is 17.8 Å². The summed E-state index contributed by atoms with van der Waals surface area (Å²) in [5.74, 6) is 0.520. The molecule has 1 aromatic rings. The third-order valence-electron chi connectivity index (χ3n) is 2.63. The quantitative estimate of drug-likeness (QED) is 0.301. The molecule has 7 nitrogen and oxygen atoms in total. The molecular weight excluding hydrogens is 278 g/mol. The number of hydrogen-bond donors (Lipinski definition) is 0. The van der Waals surface area contributed by atoms with Gasteiger partial charge in [-0.25, -0.2) is 0 Å². The van der Waals surface area contributed by atoms with Crippen molar-refractivity contribution in [3.63, 3.8) is 0 Å². The second kappa shape index (κ2) is 8.21. The summed E-state index contributed by atoms with van der Waals surface area (Å²) in [6.45, 7) is 4.74. The molecule has 0 fully saturated rings. The highest BCUT2D eigenvalue weighted by molar-refractivity contribution is 5.83. The van der Waals surface area contributed by atoms with Crippen molar-refractivity contribution in [2.45, 2.75) is 26.4 Å². The molecule has 0 N–H and O–H groups in total. The summed E-state index contributed by atoms with van der Waals surface area (Å²) in [5, 5.41) is 10.9. The highest BCUT2D eigenvalue weighted by atomic mass is 16.6. The standard InChI is InChI=1S/C14H19NO6/c1-10(2)20-5-4-6-21-14-8-12(15(17)18)11(9-16)7-13(14)19-3/h7-10H,4-6H2,1-3H3. The lowest BCUT2D eigenvalue weighted by Crippen LogP contribution is -2.08. The summed E-state index contributed by atoms with van der Waals surface area (Å²) in [6, 6.07) is 2.50. The van der Waals surface area contributed by atoms with Crippen LogP contribution in [0, 0.1) is 10.1 Å². The lowest BCUT2D eigenvalue weighted by Gasteiger charge is -2.12. The van der Waals surface area contributed by atoms with Crippen LogP contribution in [0.2, 0.25) is 0 Å². The predicted octanol–water partition coefficient (Wildman–Crippen LogP) is 2.61. The molecule has 0 bridgehead atoms. The van der Waals surface area contributed by atoms with Gasteiger partial charge in [0.05, 0.1) is 43.0 Å². The summed E-state index contributed by atoms with van der Waals surface area (Å²) in [7, 11) is 1.41. The van der Waals surface area contributed by atoms with Crippen LogP contribution >= 0.6 is 0 Å². The third kappa shape index (κ3) is 5.03. The number of nitro benzene ring substituents is 1. The fourth-order valence-electron chi connectivity index (χ4n) is 1.65. The van der Waals surface area contributed by atoms with Gasteiger partial charge in [-0.2, -0.15) is 0 Å². The fourth-order valence-corrected chi connectivity index (χ4v) is 1.65. The van der Waals surface area contributed by atoms with Crippen LogP contribution in [0.3, 0.4) is 0 Å². The molecule has 1 rings (SSSR count). The molecule has 0 saturated carbocycles. The molecule has 0 radical (unpaired) electrons. The summed E-state index contributed by atoms with van der Waals surface area (Å²) in [4.78, 5) is 21.1. The zero-order valence-electron chi connectivity index (χ0n) is 12.3. The first-order chi connectivity index (χ1) is 9.99. The van der Waals surface area contributed by atoms with Crippen molar-refractivity contribution >= 4 is 12.0 Å². The Hall–Kier alpha value is -2.15. The van der Waals surface area contributed by atoms with E-state index < -0.39 is 4.92 Å². The SMILES string of the molecule is COc1cc(C=O)c([N+](=O)[O-])cc1OCCCOC(C)C. The van der Waals surface area contributed by atoms with E-state index in [0.717, 1.165) is 0 Å². The van der Waals surface area contributed by atoms with E-state index in [0.29, 0.717) is 25.9 Å². The maximum atomic E-state index is 10.9. The Morgan fingerprint density at radius 3 is 2.52 bits per heavy atom. The Kier molecular flexibility index (Phi) is 6.61. The summed E-state index contributed by atoms with van der Waals surface area (Å²) in [5.41, 5.74) is -0.355. The molecule has 0 aromatic heterocycles. The number of aldehydes is 1. The number of hydrogen-bond acceptors (Lipinski definition) is 6. The van der Waals surface area contributed by atoms with Gasteiger partial charge in [0.1, 0.15) is 0 Å². The Morgan fingerprint density at radius 1 is 1.29 bits per heavy atom. The highest BCUT2D eigenvalue weighted by Gasteiger charge is 2.19. The molecule has 0 aliphatic rings. The summed E-state index contributed by atoms with van der Waals surface area (Å²) >= 11 is 0. The van der Waals surface area contributed by atoms with Crippen molar-refractivity contribution in [3.8, 4) is 11.5 Å². The van der Waals surface area contributed by atoms with Crippen molar-refractivity contribution in [1.29, 1.82) is 0 Å². The van der Waals surface area contributed by atoms with Crippen LogP contribution in [-0.4, -0.2) is 37.6 Å². The number of carbonyl (C=O) groups is 1. The van der Waals surface area contributed by atoms with Crippen molar-refractivity contribution < 1.29 is 23.9 Å². The van der Waals surface area contributed by atoms with Crippen LogP contribution in [0.25, 0.3) is 0 Å². The van der Waals surface area contributed by atoms with Crippen LogP contribution in [-0.2, 0) is 4.74 Å². The van der Waals surface area contributed by atoms with Gasteiger partial charge in [0.2, 0.25) is 0 Å². The summed E-state index contributed by atoms with van der Waals surface area (Å²) in [6.07, 6.45) is 1.21. The molecule has 1 aromatic carbocycles. The van der Waals surface area contributed by atoms with E-state index in [9.17, 15) is 14.9 Å². The molecule has 0 amide bonds. The van der Waals surface area contributed by atoms with Gasteiger partial charge < -0.3 is 14.2 Å². The van der Waals surface area contributed by atoms with Gasteiger partial charge in [0, 0.05) is 12.5 Å². The largest absolute Gasteiger partial charge is 0.493 e. The molecule has 116 valence electrons. The van der Waals surface area contributed by atoms with Crippen LogP contribution < -0.4 is 9.47 Å². The van der Waals surface area contributed by atoms with Crippen molar-refractivity contribution in [1.82, 2.24) is 0 Å². The molecule has 0 aliphatic carbocycles. The second-order valence-electron chi connectivity index (χ2n) is 4.56. The first-order valence-electron chi connectivity index (χ1n) is 6.55. The van der Waals surface area contributed by atoms with Gasteiger partial charge in [-0.05, 0) is 13.8 Å². The van der Waals surface area contributed by atoms with Crippen molar-refractivity contribution in [3.05, 3.63) is 27.8 Å². The topological polar surface area (TPSA) is 87.9 Å². The molecule has 0 spiro atoms. The minimum absolute atomic E-state index is 0.0488. The summed E-state index contributed by atoms with van der Waals surface area (Å²) < 4.78 is 15.9. The first-order valence-corrected chi connectivity index (χ1v) is 6.55. The van der Waals surface area contributed by atoms with Gasteiger partial charge in [-0.3, -0.25) is 14.9 Å². The smallest absolute Gasteiger partial charge is 0.283 e. The zero-order valence-corrected chi connectivity index (χ0v) is 12.3. The maximum Gasteiger partial charge on any atom is 0.283 e. The third-order valence-corrected chi connectivity index (χ3v) is 2.63. The fraction of sp³-hybridized carbons (Fsp3) is 0.500. The number of benzene rings is 1. The molecule has 0 aliphatic heterocycles. The van der Waals surface area contributed by atoms with E-state index >= 15 is 0 Å². The lowest BCUT2D eigenvalue weighted by atomic mass is 10.1. The number of methoxy groups -OCH3 is 1. The molecule has 0 unspecified atom stereocenters. The van der Waals surface area contributed by atoms with Gasteiger partial charge >= 0.3 is 0 Å². The molecule has 0 heterocycles. The molecular formula is C14H19NO6. The van der Waals surface area contributed by atoms with E-state index in [1.807, 2.05) is 13.8 Å². The van der Waals surface area contributed by atoms with E-state index in [1.54, 1.807) is 0 Å². The molecule has 7 heteroatoms. The lowest BCUT2D eigenvalue weighted by molar-refractivity contribution is -0.385. The van der Waals surface area contributed by atoms with Crippen LogP contribution in [0.5, 0.6) is 11.5 Å². The van der Waals surface area contributed by atoms with Crippen LogP contribution in [0.4, 0.5) is 5.69 Å².